The van der Waals surface area contributed by atoms with Crippen molar-refractivity contribution in [2.24, 2.45) is 4.99 Å². The fourth-order valence-electron chi connectivity index (χ4n) is 2.60. The second-order valence-corrected chi connectivity index (χ2v) is 9.28. The zero-order chi connectivity index (χ0) is 21.4. The van der Waals surface area contributed by atoms with E-state index in [4.69, 9.17) is 0 Å². The zero-order valence-electron chi connectivity index (χ0n) is 17.7. The first-order chi connectivity index (χ1) is 12.9. The van der Waals surface area contributed by atoms with Crippen molar-refractivity contribution in [3.63, 3.8) is 0 Å². The summed E-state index contributed by atoms with van der Waals surface area (Å²) in [5, 5.41) is 6.39. The van der Waals surface area contributed by atoms with Crippen LogP contribution in [0.4, 0.5) is 0 Å². The van der Waals surface area contributed by atoms with E-state index < -0.39 is 15.6 Å². The Bertz CT molecular complexity index is 789. The number of hydrogen-bond acceptors (Lipinski definition) is 4. The van der Waals surface area contributed by atoms with Gasteiger partial charge in [-0.3, -0.25) is 9.79 Å². The molecule has 3 N–H and O–H groups in total. The molecule has 1 amide bonds. The molecule has 9 heteroatoms. The van der Waals surface area contributed by atoms with Crippen LogP contribution in [0.3, 0.4) is 0 Å². The van der Waals surface area contributed by atoms with Gasteiger partial charge < -0.3 is 15.5 Å². The molecule has 1 aromatic rings. The van der Waals surface area contributed by atoms with E-state index in [0.29, 0.717) is 31.2 Å². The second kappa shape index (κ2) is 10.4. The lowest BCUT2D eigenvalue weighted by molar-refractivity contribution is 0.0827. The number of amides is 1. The van der Waals surface area contributed by atoms with Crippen molar-refractivity contribution < 1.29 is 13.2 Å². The van der Waals surface area contributed by atoms with Crippen LogP contribution in [0.2, 0.25) is 0 Å². The number of aliphatic imine (C=N–C) groups is 1. The van der Waals surface area contributed by atoms with Crippen molar-refractivity contribution in [1.29, 1.82) is 0 Å². The van der Waals surface area contributed by atoms with Gasteiger partial charge in [-0.05, 0) is 44.9 Å². The van der Waals surface area contributed by atoms with Crippen LogP contribution in [0.1, 0.15) is 36.7 Å². The highest BCUT2D eigenvalue weighted by molar-refractivity contribution is 7.88. The van der Waals surface area contributed by atoms with Gasteiger partial charge in [-0.2, -0.15) is 0 Å². The molecule has 0 aliphatic rings. The van der Waals surface area contributed by atoms with Crippen molar-refractivity contribution in [3.05, 3.63) is 35.4 Å². The molecular formula is C19H33N5O3S. The number of sulfonamides is 1. The number of hydrogen-bond donors (Lipinski definition) is 3. The van der Waals surface area contributed by atoms with E-state index in [1.54, 1.807) is 32.8 Å². The summed E-state index contributed by atoms with van der Waals surface area (Å²) in [6, 6.07) is 7.57. The zero-order valence-corrected chi connectivity index (χ0v) is 18.5. The van der Waals surface area contributed by atoms with Gasteiger partial charge in [-0.1, -0.05) is 12.1 Å². The minimum atomic E-state index is -3.30. The summed E-state index contributed by atoms with van der Waals surface area (Å²) in [6.07, 6.45) is 1.86. The third kappa shape index (κ3) is 9.18. The number of rotatable bonds is 9. The molecule has 0 radical (unpaired) electrons. The minimum Gasteiger partial charge on any atom is -0.357 e. The first kappa shape index (κ1) is 23.9. The molecule has 0 fully saturated rings. The summed E-state index contributed by atoms with van der Waals surface area (Å²) in [4.78, 5) is 18.1. The highest BCUT2D eigenvalue weighted by Gasteiger charge is 2.21. The van der Waals surface area contributed by atoms with E-state index in [1.165, 1.54) is 0 Å². The maximum atomic E-state index is 12.1. The van der Waals surface area contributed by atoms with Crippen LogP contribution in [0.25, 0.3) is 0 Å². The highest BCUT2D eigenvalue weighted by atomic mass is 32.2. The van der Waals surface area contributed by atoms with Crippen LogP contribution in [0.5, 0.6) is 0 Å². The Morgan fingerprint density at radius 2 is 1.89 bits per heavy atom. The van der Waals surface area contributed by atoms with E-state index in [9.17, 15) is 13.2 Å². The largest absolute Gasteiger partial charge is 0.357 e. The van der Waals surface area contributed by atoms with Gasteiger partial charge in [0.1, 0.15) is 0 Å². The summed E-state index contributed by atoms with van der Waals surface area (Å²) in [5.74, 6) is 0.594. The molecule has 0 aliphatic heterocycles. The second-order valence-electron chi connectivity index (χ2n) is 7.53. The van der Waals surface area contributed by atoms with E-state index in [1.807, 2.05) is 31.2 Å². The van der Waals surface area contributed by atoms with Gasteiger partial charge in [-0.15, -0.1) is 0 Å². The molecule has 0 bridgehead atoms. The maximum Gasteiger partial charge on any atom is 0.253 e. The van der Waals surface area contributed by atoms with Gasteiger partial charge in [0.25, 0.3) is 5.91 Å². The first-order valence-corrected chi connectivity index (χ1v) is 11.1. The first-order valence-electron chi connectivity index (χ1n) is 9.25. The van der Waals surface area contributed by atoms with Gasteiger partial charge in [0.15, 0.2) is 5.96 Å². The molecule has 0 atom stereocenters. The van der Waals surface area contributed by atoms with Crippen LogP contribution in [0.15, 0.2) is 29.3 Å². The monoisotopic (exact) mass is 411 g/mol. The fraction of sp³-hybridized carbons (Fsp3) is 0.579. The third-order valence-corrected chi connectivity index (χ3v) is 4.65. The van der Waals surface area contributed by atoms with Gasteiger partial charge >= 0.3 is 0 Å². The molecule has 0 saturated carbocycles. The third-order valence-electron chi connectivity index (χ3n) is 3.72. The standard InChI is InChI=1S/C19H33N5O3S/c1-7-20-18(22-14-19(2,3)23-28(6,26)27)21-12-11-15-9-8-10-16(13-15)17(25)24(4)5/h8-10,13,23H,7,11-12,14H2,1-6H3,(H2,20,21,22). The topological polar surface area (TPSA) is 103 Å². The Morgan fingerprint density at radius 1 is 1.21 bits per heavy atom. The lowest BCUT2D eigenvalue weighted by atomic mass is 10.1. The predicted molar refractivity (Wildman–Crippen MR) is 114 cm³/mol. The molecule has 0 spiro atoms. The molecule has 8 nitrogen and oxygen atoms in total. The van der Waals surface area contributed by atoms with Gasteiger partial charge in [-0.25, -0.2) is 13.1 Å². The average Bonchev–Trinajstić information content (AvgIpc) is 2.57. The van der Waals surface area contributed by atoms with E-state index >= 15 is 0 Å². The van der Waals surface area contributed by atoms with Gasteiger partial charge in [0, 0.05) is 38.3 Å². The predicted octanol–water partition coefficient (Wildman–Crippen LogP) is 0.814. The molecular weight excluding hydrogens is 378 g/mol. The van der Waals surface area contributed by atoms with Crippen molar-refractivity contribution >= 4 is 21.9 Å². The summed E-state index contributed by atoms with van der Waals surface area (Å²) < 4.78 is 25.5. The van der Waals surface area contributed by atoms with Crippen molar-refractivity contribution in [2.75, 3.05) is 40.0 Å². The maximum absolute atomic E-state index is 12.1. The number of nitrogens with zero attached hydrogens (tertiary/aromatic N) is 2. The molecule has 0 saturated heterocycles. The number of carbonyl (C=O) groups excluding carboxylic acids is 1. The quantitative estimate of drug-likeness (QED) is 0.412. The lowest BCUT2D eigenvalue weighted by Crippen LogP contribution is -2.47. The number of carbonyl (C=O) groups is 1. The normalized spacial score (nSPS) is 12.6. The van der Waals surface area contributed by atoms with Gasteiger partial charge in [0.2, 0.25) is 10.0 Å². The Kier molecular flexibility index (Phi) is 8.90. The molecule has 158 valence electrons. The smallest absolute Gasteiger partial charge is 0.253 e. The SMILES string of the molecule is CCNC(=NCC(C)(C)NS(C)(=O)=O)NCCc1cccc(C(=O)N(C)C)c1. The average molecular weight is 412 g/mol. The summed E-state index contributed by atoms with van der Waals surface area (Å²) in [6.45, 7) is 7.16. The summed E-state index contributed by atoms with van der Waals surface area (Å²) in [5.41, 5.74) is 1.03. The van der Waals surface area contributed by atoms with Crippen LogP contribution in [0, 0.1) is 0 Å². The molecule has 1 rings (SSSR count). The Labute approximate surface area is 168 Å². The molecule has 0 unspecified atom stereocenters. The fourth-order valence-corrected chi connectivity index (χ4v) is 3.66. The van der Waals surface area contributed by atoms with Gasteiger partial charge in [0.05, 0.1) is 12.8 Å². The van der Waals surface area contributed by atoms with Crippen molar-refractivity contribution in [3.8, 4) is 0 Å². The molecule has 0 aromatic heterocycles. The molecule has 0 aliphatic carbocycles. The van der Waals surface area contributed by atoms with Crippen LogP contribution in [-0.2, 0) is 16.4 Å². The Morgan fingerprint density at radius 3 is 2.46 bits per heavy atom. The highest BCUT2D eigenvalue weighted by Crippen LogP contribution is 2.08. The number of guanidine groups is 1. The number of benzene rings is 1. The molecule has 1 aromatic carbocycles. The van der Waals surface area contributed by atoms with Crippen molar-refractivity contribution in [1.82, 2.24) is 20.3 Å². The summed E-state index contributed by atoms with van der Waals surface area (Å²) >= 11 is 0. The molecule has 28 heavy (non-hydrogen) atoms. The molecule has 0 heterocycles. The van der Waals surface area contributed by atoms with E-state index in [-0.39, 0.29) is 5.91 Å². The lowest BCUT2D eigenvalue weighted by Gasteiger charge is -2.23. The van der Waals surface area contributed by atoms with Crippen molar-refractivity contribution in [2.45, 2.75) is 32.7 Å². The van der Waals surface area contributed by atoms with Crippen LogP contribution < -0.4 is 15.4 Å². The summed E-state index contributed by atoms with van der Waals surface area (Å²) in [7, 11) is 0.161. The Hall–Kier alpha value is -2.13. The van der Waals surface area contributed by atoms with Crippen LogP contribution in [-0.4, -0.2) is 70.7 Å². The minimum absolute atomic E-state index is 0.0229. The van der Waals surface area contributed by atoms with E-state index in [0.717, 1.165) is 18.2 Å². The van der Waals surface area contributed by atoms with E-state index in [2.05, 4.69) is 20.3 Å². The van der Waals surface area contributed by atoms with Crippen LogP contribution >= 0.6 is 0 Å². The Balaban J connectivity index is 2.69. The number of nitrogens with one attached hydrogen (secondary N) is 3.